The van der Waals surface area contributed by atoms with E-state index in [1.165, 1.54) is 0 Å². The van der Waals surface area contributed by atoms with Crippen LogP contribution >= 0.6 is 11.6 Å². The lowest BCUT2D eigenvalue weighted by atomic mass is 10.2. The predicted molar refractivity (Wildman–Crippen MR) is 78.4 cm³/mol. The normalized spacial score (nSPS) is 12.4. The van der Waals surface area contributed by atoms with Gasteiger partial charge in [-0.3, -0.25) is 4.79 Å². The molecule has 1 rings (SSSR count). The van der Waals surface area contributed by atoms with Crippen molar-refractivity contribution in [3.63, 3.8) is 0 Å². The van der Waals surface area contributed by atoms with E-state index in [1.54, 1.807) is 29.2 Å². The number of carboxylic acids is 1. The van der Waals surface area contributed by atoms with Gasteiger partial charge in [0.25, 0.3) is 0 Å². The van der Waals surface area contributed by atoms with Crippen LogP contribution in [-0.4, -0.2) is 48.1 Å². The molecule has 0 heterocycles. The van der Waals surface area contributed by atoms with Crippen molar-refractivity contribution in [1.29, 1.82) is 0 Å². The van der Waals surface area contributed by atoms with Gasteiger partial charge in [0.15, 0.2) is 0 Å². The molecule has 0 aromatic heterocycles. The van der Waals surface area contributed by atoms with Gasteiger partial charge >= 0.3 is 5.97 Å². The third kappa shape index (κ3) is 6.23. The Morgan fingerprint density at radius 1 is 1.45 bits per heavy atom. The molecule has 2 N–H and O–H groups in total. The molecule has 20 heavy (non-hydrogen) atoms. The molecule has 0 aliphatic heterocycles. The number of carboxylic acid groups (broad SMARTS) is 1. The van der Waals surface area contributed by atoms with E-state index in [9.17, 15) is 9.90 Å². The van der Waals surface area contributed by atoms with E-state index in [4.69, 9.17) is 21.4 Å². The van der Waals surface area contributed by atoms with Gasteiger partial charge in [0.2, 0.25) is 0 Å². The van der Waals surface area contributed by atoms with Crippen LogP contribution in [0.2, 0.25) is 5.02 Å². The second-order valence-corrected chi connectivity index (χ2v) is 5.23. The fourth-order valence-corrected chi connectivity index (χ4v) is 1.89. The number of ether oxygens (including phenoxy) is 1. The zero-order valence-corrected chi connectivity index (χ0v) is 12.4. The van der Waals surface area contributed by atoms with Crippen molar-refractivity contribution in [2.75, 3.05) is 24.6 Å². The summed E-state index contributed by atoms with van der Waals surface area (Å²) in [5.41, 5.74) is 0.656. The highest BCUT2D eigenvalue weighted by atomic mass is 35.5. The van der Waals surface area contributed by atoms with Crippen molar-refractivity contribution in [3.8, 4) is 0 Å². The Labute approximate surface area is 123 Å². The lowest BCUT2D eigenvalue weighted by Gasteiger charge is -2.26. The molecule has 0 amide bonds. The Bertz CT molecular complexity index is 439. The van der Waals surface area contributed by atoms with Gasteiger partial charge in [0.05, 0.1) is 18.8 Å². The van der Waals surface area contributed by atoms with Gasteiger partial charge < -0.3 is 19.8 Å². The van der Waals surface area contributed by atoms with Crippen LogP contribution in [0, 0.1) is 0 Å². The van der Waals surface area contributed by atoms with E-state index in [0.717, 1.165) is 0 Å². The molecule has 6 heteroatoms. The van der Waals surface area contributed by atoms with Gasteiger partial charge in [-0.05, 0) is 32.0 Å². The second kappa shape index (κ2) is 8.09. The summed E-state index contributed by atoms with van der Waals surface area (Å²) in [7, 11) is 0. The topological polar surface area (TPSA) is 70.0 Å². The molecule has 0 fully saturated rings. The van der Waals surface area contributed by atoms with E-state index in [-0.39, 0.29) is 25.8 Å². The maximum atomic E-state index is 10.9. The largest absolute Gasteiger partial charge is 0.480 e. The lowest BCUT2D eigenvalue weighted by molar-refractivity contribution is -0.135. The zero-order chi connectivity index (χ0) is 15.1. The first kappa shape index (κ1) is 16.8. The standard InChI is InChI=1S/C14H20ClNO4/c1-10(2)20-9-13(17)7-16(8-14(18)19)12-5-3-4-11(15)6-12/h3-6,10,13,17H,7-9H2,1-2H3,(H,18,19). The van der Waals surface area contributed by atoms with Crippen LogP contribution in [0.1, 0.15) is 13.8 Å². The fraction of sp³-hybridized carbons (Fsp3) is 0.500. The van der Waals surface area contributed by atoms with E-state index < -0.39 is 12.1 Å². The number of anilines is 1. The molecule has 1 unspecified atom stereocenters. The number of halogens is 1. The summed E-state index contributed by atoms with van der Waals surface area (Å²) in [5.74, 6) is -0.970. The summed E-state index contributed by atoms with van der Waals surface area (Å²) in [6.45, 7) is 3.87. The molecule has 1 aromatic carbocycles. The number of carbonyl (C=O) groups is 1. The number of aliphatic carboxylic acids is 1. The van der Waals surface area contributed by atoms with E-state index in [1.807, 2.05) is 13.8 Å². The number of aliphatic hydroxyl groups is 1. The van der Waals surface area contributed by atoms with Crippen LogP contribution in [0.15, 0.2) is 24.3 Å². The fourth-order valence-electron chi connectivity index (χ4n) is 1.71. The molecular weight excluding hydrogens is 282 g/mol. The number of hydrogen-bond donors (Lipinski definition) is 2. The average molecular weight is 302 g/mol. The minimum Gasteiger partial charge on any atom is -0.480 e. The van der Waals surface area contributed by atoms with Gasteiger partial charge in [0, 0.05) is 17.3 Å². The summed E-state index contributed by atoms with van der Waals surface area (Å²) in [4.78, 5) is 12.5. The zero-order valence-electron chi connectivity index (χ0n) is 11.6. The van der Waals surface area contributed by atoms with E-state index in [2.05, 4.69) is 0 Å². The van der Waals surface area contributed by atoms with Crippen molar-refractivity contribution >= 4 is 23.3 Å². The molecule has 0 saturated carbocycles. The lowest BCUT2D eigenvalue weighted by Crippen LogP contribution is -2.38. The Morgan fingerprint density at radius 3 is 2.70 bits per heavy atom. The molecule has 0 spiro atoms. The number of nitrogens with zero attached hydrogens (tertiary/aromatic N) is 1. The van der Waals surface area contributed by atoms with Crippen molar-refractivity contribution in [2.24, 2.45) is 0 Å². The van der Waals surface area contributed by atoms with Crippen LogP contribution < -0.4 is 4.90 Å². The number of benzene rings is 1. The second-order valence-electron chi connectivity index (χ2n) is 4.79. The first-order chi connectivity index (χ1) is 9.38. The SMILES string of the molecule is CC(C)OCC(O)CN(CC(=O)O)c1cccc(Cl)c1. The van der Waals surface area contributed by atoms with E-state index >= 15 is 0 Å². The molecular formula is C14H20ClNO4. The molecule has 112 valence electrons. The van der Waals surface area contributed by atoms with E-state index in [0.29, 0.717) is 10.7 Å². The van der Waals surface area contributed by atoms with Crippen molar-refractivity contribution < 1.29 is 19.7 Å². The first-order valence-corrected chi connectivity index (χ1v) is 6.78. The first-order valence-electron chi connectivity index (χ1n) is 6.40. The molecule has 1 atom stereocenters. The number of aliphatic hydroxyl groups excluding tert-OH is 1. The van der Waals surface area contributed by atoms with Crippen LogP contribution in [0.4, 0.5) is 5.69 Å². The molecule has 0 aliphatic rings. The van der Waals surface area contributed by atoms with Gasteiger partial charge in [-0.25, -0.2) is 0 Å². The third-order valence-corrected chi connectivity index (χ3v) is 2.79. The minimum atomic E-state index is -0.970. The highest BCUT2D eigenvalue weighted by molar-refractivity contribution is 6.30. The number of hydrogen-bond acceptors (Lipinski definition) is 4. The Balaban J connectivity index is 2.71. The molecule has 0 radical (unpaired) electrons. The smallest absolute Gasteiger partial charge is 0.323 e. The highest BCUT2D eigenvalue weighted by Crippen LogP contribution is 2.19. The molecule has 0 saturated heterocycles. The maximum absolute atomic E-state index is 10.9. The molecule has 1 aromatic rings. The summed E-state index contributed by atoms with van der Waals surface area (Å²) in [6, 6.07) is 6.87. The third-order valence-electron chi connectivity index (χ3n) is 2.55. The summed E-state index contributed by atoms with van der Waals surface area (Å²) in [6.07, 6.45) is -0.750. The Kier molecular flexibility index (Phi) is 6.78. The van der Waals surface area contributed by atoms with Crippen LogP contribution in [0.3, 0.4) is 0 Å². The predicted octanol–water partition coefficient (Wildman–Crippen LogP) is 2.02. The molecule has 0 bridgehead atoms. The van der Waals surface area contributed by atoms with Gasteiger partial charge in [0.1, 0.15) is 6.54 Å². The van der Waals surface area contributed by atoms with Gasteiger partial charge in [-0.1, -0.05) is 17.7 Å². The summed E-state index contributed by atoms with van der Waals surface area (Å²) < 4.78 is 5.32. The van der Waals surface area contributed by atoms with Crippen LogP contribution in [0.25, 0.3) is 0 Å². The maximum Gasteiger partial charge on any atom is 0.323 e. The summed E-state index contributed by atoms with van der Waals surface area (Å²) in [5, 5.41) is 19.4. The van der Waals surface area contributed by atoms with Crippen LogP contribution in [-0.2, 0) is 9.53 Å². The monoisotopic (exact) mass is 301 g/mol. The average Bonchev–Trinajstić information content (AvgIpc) is 2.35. The Hall–Kier alpha value is -1.30. The Morgan fingerprint density at radius 2 is 2.15 bits per heavy atom. The summed E-state index contributed by atoms with van der Waals surface area (Å²) >= 11 is 5.90. The minimum absolute atomic E-state index is 0.0174. The van der Waals surface area contributed by atoms with Gasteiger partial charge in [-0.15, -0.1) is 0 Å². The quantitative estimate of drug-likeness (QED) is 0.769. The highest BCUT2D eigenvalue weighted by Gasteiger charge is 2.16. The molecule has 5 nitrogen and oxygen atoms in total. The van der Waals surface area contributed by atoms with Crippen molar-refractivity contribution in [1.82, 2.24) is 0 Å². The van der Waals surface area contributed by atoms with Crippen LogP contribution in [0.5, 0.6) is 0 Å². The van der Waals surface area contributed by atoms with Gasteiger partial charge in [-0.2, -0.15) is 0 Å². The van der Waals surface area contributed by atoms with Crippen molar-refractivity contribution in [3.05, 3.63) is 29.3 Å². The van der Waals surface area contributed by atoms with Crippen molar-refractivity contribution in [2.45, 2.75) is 26.1 Å². The molecule has 0 aliphatic carbocycles. The number of rotatable bonds is 8.